The lowest BCUT2D eigenvalue weighted by molar-refractivity contribution is -0.116. The van der Waals surface area contributed by atoms with Gasteiger partial charge in [0.1, 0.15) is 23.2 Å². The van der Waals surface area contributed by atoms with E-state index in [1.807, 2.05) is 11.5 Å². The van der Waals surface area contributed by atoms with Gasteiger partial charge in [-0.3, -0.25) is 14.1 Å². The molecule has 0 spiro atoms. The summed E-state index contributed by atoms with van der Waals surface area (Å²) in [6.45, 7) is 3.65. The summed E-state index contributed by atoms with van der Waals surface area (Å²) in [7, 11) is -3.81. The highest BCUT2D eigenvalue weighted by Crippen LogP contribution is 2.28. The normalized spacial score (nSPS) is 13.1. The molecule has 4 aromatic rings. The third-order valence-corrected chi connectivity index (χ3v) is 6.86. The number of hydrogen-bond donors (Lipinski definition) is 2. The minimum Gasteiger partial charge on any atom is -0.439 e. The number of anilines is 2. The van der Waals surface area contributed by atoms with Crippen molar-refractivity contribution in [2.45, 2.75) is 31.6 Å². The summed E-state index contributed by atoms with van der Waals surface area (Å²) in [6.07, 6.45) is 4.33. The molecule has 2 N–H and O–H groups in total. The van der Waals surface area contributed by atoms with Crippen molar-refractivity contribution in [3.05, 3.63) is 78.1 Å². The molecule has 5 rings (SSSR count). The Morgan fingerprint density at radius 1 is 1.03 bits per heavy atom. The van der Waals surface area contributed by atoms with Gasteiger partial charge >= 0.3 is 0 Å². The van der Waals surface area contributed by atoms with Gasteiger partial charge in [0, 0.05) is 36.3 Å². The fraction of sp³-hybridized carbons (Fsp3) is 0.167. The average Bonchev–Trinajstić information content (AvgIpc) is 3.25. The zero-order chi connectivity index (χ0) is 24.6. The van der Waals surface area contributed by atoms with Gasteiger partial charge in [-0.05, 0) is 68.3 Å². The predicted molar refractivity (Wildman–Crippen MR) is 129 cm³/mol. The van der Waals surface area contributed by atoms with Crippen molar-refractivity contribution in [2.24, 2.45) is 0 Å². The summed E-state index contributed by atoms with van der Waals surface area (Å²) < 4.78 is 36.1. The molecule has 3 heterocycles. The Kier molecular flexibility index (Phi) is 5.69. The quantitative estimate of drug-likeness (QED) is 0.421. The van der Waals surface area contributed by atoms with Gasteiger partial charge in [-0.25, -0.2) is 18.4 Å². The lowest BCUT2D eigenvalue weighted by atomic mass is 10.0. The zero-order valence-electron chi connectivity index (χ0n) is 19.0. The van der Waals surface area contributed by atoms with Crippen LogP contribution in [-0.2, 0) is 21.2 Å². The van der Waals surface area contributed by atoms with E-state index in [0.29, 0.717) is 47.5 Å². The molecule has 1 amide bonds. The molecular formula is C24H22N6O4S. The fourth-order valence-corrected chi connectivity index (χ4v) is 4.88. The Hall–Kier alpha value is -4.25. The number of sulfonamides is 1. The van der Waals surface area contributed by atoms with Crippen LogP contribution in [-0.4, -0.2) is 33.8 Å². The minimum atomic E-state index is -3.81. The van der Waals surface area contributed by atoms with E-state index >= 15 is 0 Å². The van der Waals surface area contributed by atoms with Crippen LogP contribution >= 0.6 is 0 Å². The van der Waals surface area contributed by atoms with Gasteiger partial charge < -0.3 is 10.1 Å². The molecule has 10 nitrogen and oxygen atoms in total. The monoisotopic (exact) mass is 490 g/mol. The third-order valence-electron chi connectivity index (χ3n) is 5.48. The van der Waals surface area contributed by atoms with Crippen LogP contribution in [0.5, 0.6) is 11.6 Å². The molecular weight excluding hydrogens is 468 g/mol. The summed E-state index contributed by atoms with van der Waals surface area (Å²) in [6, 6.07) is 12.9. The smallest absolute Gasteiger partial charge is 0.261 e. The first kappa shape index (κ1) is 22.5. The topological polar surface area (TPSA) is 128 Å². The van der Waals surface area contributed by atoms with E-state index in [-0.39, 0.29) is 10.8 Å². The van der Waals surface area contributed by atoms with E-state index in [9.17, 15) is 13.2 Å². The lowest BCUT2D eigenvalue weighted by Gasteiger charge is -2.18. The maximum absolute atomic E-state index is 12.9. The SMILES string of the molecule is Cc1nc(Oc2ccc(NS(=O)(=O)c3ccc4c(c3)CCC(=O)N4)cc2)cc(-n2ccnc2C)n1. The first-order valence-electron chi connectivity index (χ1n) is 10.9. The Bertz CT molecular complexity index is 1530. The van der Waals surface area contributed by atoms with E-state index in [1.54, 1.807) is 61.8 Å². The van der Waals surface area contributed by atoms with Gasteiger partial charge in [0.05, 0.1) is 4.90 Å². The third kappa shape index (κ3) is 4.85. The maximum Gasteiger partial charge on any atom is 0.261 e. The van der Waals surface area contributed by atoms with Crippen LogP contribution in [0.2, 0.25) is 0 Å². The van der Waals surface area contributed by atoms with E-state index in [2.05, 4.69) is 25.0 Å². The van der Waals surface area contributed by atoms with Crippen molar-refractivity contribution in [3.63, 3.8) is 0 Å². The zero-order valence-corrected chi connectivity index (χ0v) is 19.8. The number of nitrogens with zero attached hydrogens (tertiary/aromatic N) is 4. The molecule has 11 heteroatoms. The Morgan fingerprint density at radius 2 is 1.83 bits per heavy atom. The van der Waals surface area contributed by atoms with Crippen LogP contribution in [0.25, 0.3) is 5.82 Å². The largest absolute Gasteiger partial charge is 0.439 e. The number of fused-ring (bicyclic) bond motifs is 1. The standard InChI is InChI=1S/C24H22N6O4S/c1-15-26-22(30-12-11-25-16(30)2)14-24(27-15)34-19-6-4-18(5-7-19)29-35(32,33)20-8-9-21-17(13-20)3-10-23(31)28-21/h4-9,11-14,29H,3,10H2,1-2H3,(H,28,31). The summed E-state index contributed by atoms with van der Waals surface area (Å²) in [5, 5.41) is 2.75. The first-order valence-corrected chi connectivity index (χ1v) is 12.3. The van der Waals surface area contributed by atoms with E-state index in [1.165, 1.54) is 6.07 Å². The van der Waals surface area contributed by atoms with Gasteiger partial charge in [-0.2, -0.15) is 4.98 Å². The molecule has 0 atom stereocenters. The molecule has 2 aromatic heterocycles. The van der Waals surface area contributed by atoms with Gasteiger partial charge in [0.15, 0.2) is 0 Å². The number of aromatic nitrogens is 4. The second kappa shape index (κ2) is 8.84. The van der Waals surface area contributed by atoms with Crippen molar-refractivity contribution in [2.75, 3.05) is 10.0 Å². The van der Waals surface area contributed by atoms with Crippen LogP contribution < -0.4 is 14.8 Å². The van der Waals surface area contributed by atoms with Gasteiger partial charge in [-0.15, -0.1) is 0 Å². The first-order chi connectivity index (χ1) is 16.8. The molecule has 0 fully saturated rings. The Labute approximate surface area is 202 Å². The summed E-state index contributed by atoms with van der Waals surface area (Å²) in [5.74, 6) is 2.74. The van der Waals surface area contributed by atoms with Crippen LogP contribution in [0, 0.1) is 13.8 Å². The van der Waals surface area contributed by atoms with E-state index < -0.39 is 10.0 Å². The number of hydrogen-bond acceptors (Lipinski definition) is 7. The molecule has 0 saturated heterocycles. The molecule has 0 aliphatic carbocycles. The second-order valence-electron chi connectivity index (χ2n) is 8.06. The van der Waals surface area contributed by atoms with Crippen LogP contribution in [0.3, 0.4) is 0 Å². The molecule has 2 aromatic carbocycles. The van der Waals surface area contributed by atoms with Crippen molar-refractivity contribution < 1.29 is 17.9 Å². The summed E-state index contributed by atoms with van der Waals surface area (Å²) in [5.41, 5.74) is 1.83. The number of carbonyl (C=O) groups is 1. The number of aryl methyl sites for hydroxylation is 3. The molecule has 178 valence electrons. The van der Waals surface area contributed by atoms with Crippen LogP contribution in [0.15, 0.2) is 65.8 Å². The van der Waals surface area contributed by atoms with Crippen molar-refractivity contribution in [1.29, 1.82) is 0 Å². The average molecular weight is 491 g/mol. The number of ether oxygens (including phenoxy) is 1. The number of benzene rings is 2. The molecule has 0 unspecified atom stereocenters. The highest BCUT2D eigenvalue weighted by atomic mass is 32.2. The molecule has 0 bridgehead atoms. The van der Waals surface area contributed by atoms with Crippen LogP contribution in [0.1, 0.15) is 23.6 Å². The van der Waals surface area contributed by atoms with Gasteiger partial charge in [-0.1, -0.05) is 0 Å². The number of imidazole rings is 1. The number of rotatable bonds is 6. The van der Waals surface area contributed by atoms with Crippen molar-refractivity contribution in [3.8, 4) is 17.4 Å². The van der Waals surface area contributed by atoms with Gasteiger partial charge in [0.25, 0.3) is 10.0 Å². The van der Waals surface area contributed by atoms with Crippen molar-refractivity contribution in [1.82, 2.24) is 19.5 Å². The Morgan fingerprint density at radius 3 is 2.57 bits per heavy atom. The predicted octanol–water partition coefficient (Wildman–Crippen LogP) is 3.76. The van der Waals surface area contributed by atoms with E-state index in [0.717, 1.165) is 11.4 Å². The van der Waals surface area contributed by atoms with Crippen molar-refractivity contribution >= 4 is 27.3 Å². The highest BCUT2D eigenvalue weighted by molar-refractivity contribution is 7.92. The lowest BCUT2D eigenvalue weighted by Crippen LogP contribution is -2.20. The number of carbonyl (C=O) groups excluding carboxylic acids is 1. The molecule has 1 aliphatic rings. The van der Waals surface area contributed by atoms with Gasteiger partial charge in [0.2, 0.25) is 11.8 Å². The summed E-state index contributed by atoms with van der Waals surface area (Å²) >= 11 is 0. The maximum atomic E-state index is 12.9. The molecule has 0 saturated carbocycles. The Balaban J connectivity index is 1.31. The number of amides is 1. The minimum absolute atomic E-state index is 0.0706. The van der Waals surface area contributed by atoms with Crippen LogP contribution in [0.4, 0.5) is 11.4 Å². The molecule has 1 aliphatic heterocycles. The number of nitrogens with one attached hydrogen (secondary N) is 2. The molecule has 35 heavy (non-hydrogen) atoms. The van der Waals surface area contributed by atoms with E-state index in [4.69, 9.17) is 4.74 Å². The highest BCUT2D eigenvalue weighted by Gasteiger charge is 2.20. The molecule has 0 radical (unpaired) electrons. The second-order valence-corrected chi connectivity index (χ2v) is 9.74. The summed E-state index contributed by atoms with van der Waals surface area (Å²) in [4.78, 5) is 24.6. The fourth-order valence-electron chi connectivity index (χ4n) is 3.77.